The summed E-state index contributed by atoms with van der Waals surface area (Å²) in [5.41, 5.74) is 6.13. The van der Waals surface area contributed by atoms with Gasteiger partial charge >= 0.3 is 0 Å². The minimum absolute atomic E-state index is 0.0417. The SMILES string of the molecule is Cc1nn(C)c(C)c1/C=N\NC(=O)c1ccc2c(=O)n3c(nc2c1)CCC3. The molecule has 0 bridgehead atoms. The second-order valence-electron chi connectivity index (χ2n) is 6.73. The first-order valence-corrected chi connectivity index (χ1v) is 8.83. The molecule has 0 radical (unpaired) electrons. The Bertz CT molecular complexity index is 1160. The smallest absolute Gasteiger partial charge is 0.271 e. The third-order valence-electron chi connectivity index (χ3n) is 5.00. The van der Waals surface area contributed by atoms with Crippen LogP contribution < -0.4 is 11.0 Å². The molecule has 0 fully saturated rings. The van der Waals surface area contributed by atoms with Crippen LogP contribution >= 0.6 is 0 Å². The lowest BCUT2D eigenvalue weighted by molar-refractivity contribution is 0.0955. The van der Waals surface area contributed by atoms with Crippen LogP contribution in [-0.2, 0) is 20.0 Å². The Morgan fingerprint density at radius 2 is 2.15 bits per heavy atom. The summed E-state index contributed by atoms with van der Waals surface area (Å²) in [7, 11) is 1.86. The van der Waals surface area contributed by atoms with Gasteiger partial charge in [0.05, 0.1) is 22.8 Å². The van der Waals surface area contributed by atoms with Crippen molar-refractivity contribution in [3.05, 3.63) is 56.9 Å². The van der Waals surface area contributed by atoms with E-state index in [1.807, 2.05) is 20.9 Å². The summed E-state index contributed by atoms with van der Waals surface area (Å²) in [4.78, 5) is 29.4. The highest BCUT2D eigenvalue weighted by molar-refractivity contribution is 5.98. The van der Waals surface area contributed by atoms with Crippen molar-refractivity contribution in [2.45, 2.75) is 33.2 Å². The van der Waals surface area contributed by atoms with Crippen LogP contribution in [0.5, 0.6) is 0 Å². The van der Waals surface area contributed by atoms with Gasteiger partial charge in [0.25, 0.3) is 11.5 Å². The molecule has 4 rings (SSSR count). The molecule has 0 spiro atoms. The number of hydrogen-bond acceptors (Lipinski definition) is 5. The number of carbonyl (C=O) groups excluding carboxylic acids is 1. The molecule has 1 N–H and O–H groups in total. The number of carbonyl (C=O) groups is 1. The predicted octanol–water partition coefficient (Wildman–Crippen LogP) is 1.46. The van der Waals surface area contributed by atoms with Crippen LogP contribution in [-0.4, -0.2) is 31.5 Å². The van der Waals surface area contributed by atoms with Crippen molar-refractivity contribution in [3.63, 3.8) is 0 Å². The van der Waals surface area contributed by atoms with Crippen LogP contribution in [0, 0.1) is 13.8 Å². The van der Waals surface area contributed by atoms with Gasteiger partial charge in [0.1, 0.15) is 5.82 Å². The van der Waals surface area contributed by atoms with Crippen molar-refractivity contribution in [3.8, 4) is 0 Å². The summed E-state index contributed by atoms with van der Waals surface area (Å²) in [6, 6.07) is 4.92. The van der Waals surface area contributed by atoms with E-state index in [-0.39, 0.29) is 11.5 Å². The highest BCUT2D eigenvalue weighted by atomic mass is 16.2. The Kier molecular flexibility index (Phi) is 4.10. The molecule has 0 saturated heterocycles. The lowest BCUT2D eigenvalue weighted by Gasteiger charge is -2.06. The van der Waals surface area contributed by atoms with E-state index in [0.29, 0.717) is 23.0 Å². The molecule has 0 saturated carbocycles. The van der Waals surface area contributed by atoms with E-state index in [1.54, 1.807) is 33.7 Å². The minimum atomic E-state index is -0.352. The third kappa shape index (κ3) is 2.92. The first-order valence-electron chi connectivity index (χ1n) is 8.83. The van der Waals surface area contributed by atoms with Gasteiger partial charge in [-0.2, -0.15) is 10.2 Å². The van der Waals surface area contributed by atoms with E-state index >= 15 is 0 Å². The van der Waals surface area contributed by atoms with Crippen LogP contribution in [0.25, 0.3) is 10.9 Å². The van der Waals surface area contributed by atoms with Crippen LogP contribution in [0.3, 0.4) is 0 Å². The van der Waals surface area contributed by atoms with Crippen molar-refractivity contribution < 1.29 is 4.79 Å². The second kappa shape index (κ2) is 6.46. The van der Waals surface area contributed by atoms with Crippen molar-refractivity contribution >= 4 is 23.0 Å². The Hall–Kier alpha value is -3.29. The number of fused-ring (bicyclic) bond motifs is 2. The summed E-state index contributed by atoms with van der Waals surface area (Å²) < 4.78 is 3.48. The number of benzene rings is 1. The minimum Gasteiger partial charge on any atom is -0.296 e. The Morgan fingerprint density at radius 1 is 1.33 bits per heavy atom. The van der Waals surface area contributed by atoms with Gasteiger partial charge < -0.3 is 0 Å². The molecular formula is C19H20N6O2. The number of hydrazone groups is 1. The zero-order valence-electron chi connectivity index (χ0n) is 15.5. The van der Waals surface area contributed by atoms with Crippen LogP contribution in [0.15, 0.2) is 28.1 Å². The van der Waals surface area contributed by atoms with E-state index < -0.39 is 0 Å². The van der Waals surface area contributed by atoms with Crippen molar-refractivity contribution in [1.82, 2.24) is 24.8 Å². The zero-order chi connectivity index (χ0) is 19.1. The van der Waals surface area contributed by atoms with Crippen molar-refractivity contribution in [2.75, 3.05) is 0 Å². The summed E-state index contributed by atoms with van der Waals surface area (Å²) in [6.07, 6.45) is 3.30. The van der Waals surface area contributed by atoms with E-state index in [9.17, 15) is 9.59 Å². The van der Waals surface area contributed by atoms with Gasteiger partial charge in [-0.3, -0.25) is 18.8 Å². The molecule has 8 heteroatoms. The molecule has 27 heavy (non-hydrogen) atoms. The van der Waals surface area contributed by atoms with Crippen LogP contribution in [0.4, 0.5) is 0 Å². The van der Waals surface area contributed by atoms with Gasteiger partial charge in [0.2, 0.25) is 0 Å². The molecule has 0 aliphatic carbocycles. The molecule has 1 amide bonds. The molecule has 138 valence electrons. The largest absolute Gasteiger partial charge is 0.296 e. The summed E-state index contributed by atoms with van der Waals surface area (Å²) in [5, 5.41) is 8.88. The van der Waals surface area contributed by atoms with Gasteiger partial charge in [0.15, 0.2) is 0 Å². The molecule has 1 aromatic carbocycles. The fourth-order valence-electron chi connectivity index (χ4n) is 3.42. The first-order chi connectivity index (χ1) is 13.0. The second-order valence-corrected chi connectivity index (χ2v) is 6.73. The van der Waals surface area contributed by atoms with Gasteiger partial charge in [-0.1, -0.05) is 0 Å². The lowest BCUT2D eigenvalue weighted by atomic mass is 10.1. The Labute approximate surface area is 155 Å². The first kappa shape index (κ1) is 17.1. The monoisotopic (exact) mass is 364 g/mol. The Balaban J connectivity index is 1.59. The molecule has 1 aliphatic heterocycles. The predicted molar refractivity (Wildman–Crippen MR) is 102 cm³/mol. The van der Waals surface area contributed by atoms with Gasteiger partial charge in [0, 0.05) is 36.8 Å². The number of amides is 1. The fourth-order valence-corrected chi connectivity index (χ4v) is 3.42. The third-order valence-corrected chi connectivity index (χ3v) is 5.00. The highest BCUT2D eigenvalue weighted by Crippen LogP contribution is 2.16. The maximum absolute atomic E-state index is 12.5. The molecule has 0 unspecified atom stereocenters. The topological polar surface area (TPSA) is 94.2 Å². The van der Waals surface area contributed by atoms with E-state index in [4.69, 9.17) is 0 Å². The lowest BCUT2D eigenvalue weighted by Crippen LogP contribution is -2.22. The standard InChI is InChI=1S/C19H20N6O2/c1-11-15(12(2)24(3)23-11)10-20-22-18(26)13-6-7-14-16(9-13)21-17-5-4-8-25(17)19(14)27/h6-7,9-10H,4-5,8H2,1-3H3,(H,22,26)/b20-10-. The number of nitrogens with one attached hydrogen (secondary N) is 1. The summed E-state index contributed by atoms with van der Waals surface area (Å²) in [6.45, 7) is 4.54. The molecule has 2 aromatic heterocycles. The number of aromatic nitrogens is 4. The van der Waals surface area contributed by atoms with Crippen LogP contribution in [0.1, 0.15) is 39.6 Å². The van der Waals surface area contributed by atoms with Gasteiger partial charge in [-0.05, 0) is 38.5 Å². The number of nitrogens with zero attached hydrogens (tertiary/aromatic N) is 5. The number of aryl methyl sites for hydroxylation is 3. The molecule has 0 atom stereocenters. The molecular weight excluding hydrogens is 344 g/mol. The number of hydrogen-bond donors (Lipinski definition) is 1. The average Bonchev–Trinajstić information content (AvgIpc) is 3.21. The molecule has 3 aromatic rings. The Morgan fingerprint density at radius 3 is 2.89 bits per heavy atom. The van der Waals surface area contributed by atoms with Crippen molar-refractivity contribution in [2.24, 2.45) is 12.1 Å². The molecule has 3 heterocycles. The number of rotatable bonds is 3. The normalized spacial score (nSPS) is 13.4. The van der Waals surface area contributed by atoms with E-state index in [1.165, 1.54) is 0 Å². The fraction of sp³-hybridized carbons (Fsp3) is 0.316. The average molecular weight is 364 g/mol. The summed E-state index contributed by atoms with van der Waals surface area (Å²) >= 11 is 0. The summed E-state index contributed by atoms with van der Waals surface area (Å²) in [5.74, 6) is 0.431. The van der Waals surface area contributed by atoms with E-state index in [2.05, 4.69) is 20.6 Å². The maximum atomic E-state index is 12.5. The molecule has 1 aliphatic rings. The van der Waals surface area contributed by atoms with Gasteiger partial charge in [-0.25, -0.2) is 10.4 Å². The quantitative estimate of drug-likeness (QED) is 0.562. The van der Waals surface area contributed by atoms with Gasteiger partial charge in [-0.15, -0.1) is 0 Å². The maximum Gasteiger partial charge on any atom is 0.271 e. The highest BCUT2D eigenvalue weighted by Gasteiger charge is 2.17. The van der Waals surface area contributed by atoms with Crippen molar-refractivity contribution in [1.29, 1.82) is 0 Å². The van der Waals surface area contributed by atoms with Crippen LogP contribution in [0.2, 0.25) is 0 Å². The zero-order valence-corrected chi connectivity index (χ0v) is 15.5. The molecule has 8 nitrogen and oxygen atoms in total. The van der Waals surface area contributed by atoms with E-state index in [0.717, 1.165) is 35.6 Å².